The van der Waals surface area contributed by atoms with Crippen LogP contribution in [0.4, 0.5) is 5.69 Å². The molecule has 96 valence electrons. The molecule has 19 heavy (non-hydrogen) atoms. The van der Waals surface area contributed by atoms with Gasteiger partial charge in [-0.3, -0.25) is 0 Å². The molecule has 0 unspecified atom stereocenters. The van der Waals surface area contributed by atoms with Gasteiger partial charge >= 0.3 is 0 Å². The van der Waals surface area contributed by atoms with Crippen LogP contribution in [-0.2, 0) is 6.54 Å². The Balaban J connectivity index is 2.25. The van der Waals surface area contributed by atoms with E-state index in [1.807, 2.05) is 30.3 Å². The highest BCUT2D eigenvalue weighted by atomic mass is 79.9. The van der Waals surface area contributed by atoms with E-state index in [0.29, 0.717) is 0 Å². The van der Waals surface area contributed by atoms with Gasteiger partial charge < -0.3 is 10.3 Å². The summed E-state index contributed by atoms with van der Waals surface area (Å²) < 4.78 is 3.28. The maximum Gasteiger partial charge on any atom is 0.141 e. The van der Waals surface area contributed by atoms with Gasteiger partial charge in [0.1, 0.15) is 5.82 Å². The lowest BCUT2D eigenvalue weighted by atomic mass is 10.2. The number of fused-ring (bicyclic) bond motifs is 1. The maximum atomic E-state index is 5.83. The van der Waals surface area contributed by atoms with Crippen LogP contribution in [0.2, 0.25) is 0 Å². The van der Waals surface area contributed by atoms with E-state index >= 15 is 0 Å². The molecule has 0 atom stereocenters. The summed E-state index contributed by atoms with van der Waals surface area (Å²) in [5.41, 5.74) is 9.75. The van der Waals surface area contributed by atoms with Crippen LogP contribution < -0.4 is 5.73 Å². The lowest BCUT2D eigenvalue weighted by Crippen LogP contribution is -1.97. The van der Waals surface area contributed by atoms with Gasteiger partial charge in [0.2, 0.25) is 0 Å². The Hall–Kier alpha value is -1.81. The van der Waals surface area contributed by atoms with E-state index < -0.39 is 0 Å². The summed E-state index contributed by atoms with van der Waals surface area (Å²) in [5, 5.41) is 0. The first-order chi connectivity index (χ1) is 9.19. The van der Waals surface area contributed by atoms with Gasteiger partial charge in [-0.15, -0.1) is 0 Å². The fourth-order valence-corrected chi connectivity index (χ4v) is 2.55. The minimum absolute atomic E-state index is 0.746. The summed E-state index contributed by atoms with van der Waals surface area (Å²) in [6.07, 6.45) is 0. The number of hydrogen-bond donors (Lipinski definition) is 1. The molecule has 0 fully saturated rings. The quantitative estimate of drug-likeness (QED) is 0.724. The average molecular weight is 316 g/mol. The number of anilines is 1. The van der Waals surface area contributed by atoms with E-state index in [4.69, 9.17) is 10.7 Å². The SMILES string of the molecule is CCn1c(-c2ccc(Br)cc2)nc2cc(N)ccc21. The summed E-state index contributed by atoms with van der Waals surface area (Å²) in [5.74, 6) is 0.982. The van der Waals surface area contributed by atoms with Gasteiger partial charge in [-0.05, 0) is 37.3 Å². The van der Waals surface area contributed by atoms with Crippen LogP contribution in [0.1, 0.15) is 6.92 Å². The molecular weight excluding hydrogens is 302 g/mol. The van der Waals surface area contributed by atoms with Crippen LogP contribution in [0.3, 0.4) is 0 Å². The van der Waals surface area contributed by atoms with Crippen LogP contribution in [0.25, 0.3) is 22.4 Å². The molecule has 0 aliphatic rings. The maximum absolute atomic E-state index is 5.83. The molecule has 3 rings (SSSR count). The van der Waals surface area contributed by atoms with Crippen LogP contribution in [0, 0.1) is 0 Å². The average Bonchev–Trinajstić information content (AvgIpc) is 2.77. The Morgan fingerprint density at radius 2 is 1.89 bits per heavy atom. The molecule has 0 aliphatic heterocycles. The van der Waals surface area contributed by atoms with Crippen LogP contribution >= 0.6 is 15.9 Å². The van der Waals surface area contributed by atoms with E-state index in [1.54, 1.807) is 0 Å². The molecule has 3 nitrogen and oxygen atoms in total. The summed E-state index contributed by atoms with van der Waals surface area (Å²) >= 11 is 3.45. The predicted octanol–water partition coefficient (Wildman–Crippen LogP) is 4.07. The first-order valence-electron chi connectivity index (χ1n) is 6.20. The first-order valence-corrected chi connectivity index (χ1v) is 7.00. The molecule has 0 bridgehead atoms. The van der Waals surface area contributed by atoms with E-state index in [0.717, 1.165) is 39.1 Å². The highest BCUT2D eigenvalue weighted by Gasteiger charge is 2.11. The number of benzene rings is 2. The standard InChI is InChI=1S/C15H14BrN3/c1-2-19-14-8-7-12(17)9-13(14)18-15(19)10-3-5-11(16)6-4-10/h3-9H,2,17H2,1H3. The molecule has 0 spiro atoms. The minimum atomic E-state index is 0.746. The Morgan fingerprint density at radius 3 is 2.58 bits per heavy atom. The number of hydrogen-bond acceptors (Lipinski definition) is 2. The Morgan fingerprint density at radius 1 is 1.16 bits per heavy atom. The molecule has 0 saturated carbocycles. The smallest absolute Gasteiger partial charge is 0.141 e. The Labute approximate surface area is 120 Å². The van der Waals surface area contributed by atoms with Crippen molar-refractivity contribution in [3.05, 3.63) is 46.9 Å². The number of aromatic nitrogens is 2. The van der Waals surface area contributed by atoms with Gasteiger partial charge in [0.05, 0.1) is 11.0 Å². The topological polar surface area (TPSA) is 43.8 Å². The summed E-state index contributed by atoms with van der Waals surface area (Å²) in [6, 6.07) is 14.1. The Kier molecular flexibility index (Phi) is 3.03. The number of halogens is 1. The third-order valence-corrected chi connectivity index (χ3v) is 3.72. The summed E-state index contributed by atoms with van der Waals surface area (Å²) in [4.78, 5) is 4.71. The van der Waals surface area contributed by atoms with Crippen molar-refractivity contribution in [3.8, 4) is 11.4 Å². The fourth-order valence-electron chi connectivity index (χ4n) is 2.29. The van der Waals surface area contributed by atoms with E-state index in [-0.39, 0.29) is 0 Å². The molecule has 0 radical (unpaired) electrons. The van der Waals surface area contributed by atoms with Crippen LogP contribution in [-0.4, -0.2) is 9.55 Å². The van der Waals surface area contributed by atoms with Crippen molar-refractivity contribution in [3.63, 3.8) is 0 Å². The predicted molar refractivity (Wildman–Crippen MR) is 83.0 cm³/mol. The van der Waals surface area contributed by atoms with Crippen molar-refractivity contribution in [2.24, 2.45) is 0 Å². The number of aryl methyl sites for hydroxylation is 1. The molecule has 0 amide bonds. The van der Waals surface area contributed by atoms with Gasteiger partial charge in [-0.1, -0.05) is 28.1 Å². The van der Waals surface area contributed by atoms with Gasteiger partial charge in [0.15, 0.2) is 0 Å². The molecule has 1 heterocycles. The second-order valence-electron chi connectivity index (χ2n) is 4.43. The van der Waals surface area contributed by atoms with Crippen LogP contribution in [0.15, 0.2) is 46.9 Å². The lowest BCUT2D eigenvalue weighted by molar-refractivity contribution is 0.796. The Bertz CT molecular complexity index is 729. The van der Waals surface area contributed by atoms with Crippen molar-refractivity contribution in [1.29, 1.82) is 0 Å². The minimum Gasteiger partial charge on any atom is -0.399 e. The monoisotopic (exact) mass is 315 g/mol. The van der Waals surface area contributed by atoms with Gasteiger partial charge in [-0.2, -0.15) is 0 Å². The molecule has 0 aliphatic carbocycles. The summed E-state index contributed by atoms with van der Waals surface area (Å²) in [7, 11) is 0. The third kappa shape index (κ3) is 2.12. The second-order valence-corrected chi connectivity index (χ2v) is 5.35. The van der Waals surface area contributed by atoms with E-state index in [1.165, 1.54) is 0 Å². The first kappa shape index (κ1) is 12.2. The number of nitrogens with zero attached hydrogens (tertiary/aromatic N) is 2. The molecule has 3 aromatic rings. The van der Waals surface area contributed by atoms with Crippen molar-refractivity contribution in [2.75, 3.05) is 5.73 Å². The number of nitrogen functional groups attached to an aromatic ring is 1. The van der Waals surface area contributed by atoms with Gasteiger partial charge in [0, 0.05) is 22.3 Å². The lowest BCUT2D eigenvalue weighted by Gasteiger charge is -2.06. The van der Waals surface area contributed by atoms with Crippen LogP contribution in [0.5, 0.6) is 0 Å². The molecule has 2 aromatic carbocycles. The zero-order valence-electron chi connectivity index (χ0n) is 10.6. The second kappa shape index (κ2) is 4.70. The van der Waals surface area contributed by atoms with Crippen molar-refractivity contribution < 1.29 is 0 Å². The zero-order chi connectivity index (χ0) is 13.4. The van der Waals surface area contributed by atoms with Crippen molar-refractivity contribution >= 4 is 32.7 Å². The molecular formula is C15H14BrN3. The third-order valence-electron chi connectivity index (χ3n) is 3.19. The highest BCUT2D eigenvalue weighted by molar-refractivity contribution is 9.10. The highest BCUT2D eigenvalue weighted by Crippen LogP contribution is 2.27. The largest absolute Gasteiger partial charge is 0.399 e. The number of nitrogens with two attached hydrogens (primary N) is 1. The van der Waals surface area contributed by atoms with E-state index in [9.17, 15) is 0 Å². The van der Waals surface area contributed by atoms with E-state index in [2.05, 4.69) is 39.6 Å². The summed E-state index contributed by atoms with van der Waals surface area (Å²) in [6.45, 7) is 3.01. The number of rotatable bonds is 2. The fraction of sp³-hybridized carbons (Fsp3) is 0.133. The normalized spacial score (nSPS) is 11.1. The van der Waals surface area contributed by atoms with Gasteiger partial charge in [-0.25, -0.2) is 4.98 Å². The number of imidazole rings is 1. The molecule has 0 saturated heterocycles. The zero-order valence-corrected chi connectivity index (χ0v) is 12.2. The van der Waals surface area contributed by atoms with Crippen molar-refractivity contribution in [2.45, 2.75) is 13.5 Å². The molecule has 4 heteroatoms. The van der Waals surface area contributed by atoms with Crippen molar-refractivity contribution in [1.82, 2.24) is 9.55 Å². The molecule has 2 N–H and O–H groups in total. The van der Waals surface area contributed by atoms with Gasteiger partial charge in [0.25, 0.3) is 0 Å². The molecule has 1 aromatic heterocycles.